The number of hydrogen-bond donors (Lipinski definition) is 4. The van der Waals surface area contributed by atoms with Gasteiger partial charge < -0.3 is 25.8 Å². The smallest absolute Gasteiger partial charge is 0.321 e. The van der Waals surface area contributed by atoms with Crippen molar-refractivity contribution in [2.45, 2.75) is 25.8 Å². The number of halogens is 1. The van der Waals surface area contributed by atoms with Gasteiger partial charge in [-0.15, -0.1) is 0 Å². The minimum absolute atomic E-state index is 0.0396. The Morgan fingerprint density at radius 2 is 2.00 bits per heavy atom. The number of hydrogen-bond acceptors (Lipinski definition) is 2. The summed E-state index contributed by atoms with van der Waals surface area (Å²) in [6, 6.07) is 12.5. The van der Waals surface area contributed by atoms with Crippen LogP contribution in [0.1, 0.15) is 24.0 Å². The van der Waals surface area contributed by atoms with Gasteiger partial charge in [0.05, 0.1) is 0 Å². The third kappa shape index (κ3) is 5.38. The first-order valence-corrected chi connectivity index (χ1v) is 11.0. The highest BCUT2D eigenvalue weighted by atomic mass is 19.1. The van der Waals surface area contributed by atoms with Crippen molar-refractivity contribution < 1.29 is 9.18 Å². The van der Waals surface area contributed by atoms with Gasteiger partial charge >= 0.3 is 6.03 Å². The van der Waals surface area contributed by atoms with Gasteiger partial charge in [-0.25, -0.2) is 9.18 Å². The largest absolute Gasteiger partial charge is 0.361 e. The fourth-order valence-corrected chi connectivity index (χ4v) is 3.96. The number of fused-ring (bicyclic) bond motifs is 1. The van der Waals surface area contributed by atoms with E-state index in [4.69, 9.17) is 0 Å². The lowest BCUT2D eigenvalue weighted by molar-refractivity contribution is 0.222. The van der Waals surface area contributed by atoms with Gasteiger partial charge in [-0.3, -0.25) is 4.99 Å². The lowest BCUT2D eigenvalue weighted by Crippen LogP contribution is -2.37. The van der Waals surface area contributed by atoms with Gasteiger partial charge in [0.15, 0.2) is 5.96 Å². The maximum absolute atomic E-state index is 13.6. The number of urea groups is 1. The number of aliphatic imine (C=N–C) groups is 1. The lowest BCUT2D eigenvalue weighted by atomic mass is 10.1. The number of anilines is 1. The predicted octanol–water partition coefficient (Wildman–Crippen LogP) is 3.84. The van der Waals surface area contributed by atoms with E-state index >= 15 is 0 Å². The summed E-state index contributed by atoms with van der Waals surface area (Å²) in [5.74, 6) is 0.449. The summed E-state index contributed by atoms with van der Waals surface area (Å²) in [6.45, 7) is 2.88. The number of rotatable bonds is 6. The zero-order valence-electron chi connectivity index (χ0n) is 18.2. The monoisotopic (exact) mass is 436 g/mol. The van der Waals surface area contributed by atoms with Crippen LogP contribution >= 0.6 is 0 Å². The third-order valence-corrected chi connectivity index (χ3v) is 5.67. The zero-order valence-corrected chi connectivity index (χ0v) is 18.2. The van der Waals surface area contributed by atoms with Crippen LogP contribution in [0.25, 0.3) is 10.9 Å². The first kappa shape index (κ1) is 21.7. The molecule has 1 fully saturated rings. The van der Waals surface area contributed by atoms with Crippen LogP contribution < -0.4 is 16.0 Å². The van der Waals surface area contributed by atoms with E-state index in [1.54, 1.807) is 19.2 Å². The number of nitrogens with zero attached hydrogens (tertiary/aromatic N) is 2. The molecule has 4 rings (SSSR count). The highest BCUT2D eigenvalue weighted by Crippen LogP contribution is 2.19. The first-order chi connectivity index (χ1) is 15.6. The average Bonchev–Trinajstić information content (AvgIpc) is 3.47. The van der Waals surface area contributed by atoms with Crippen molar-refractivity contribution in [3.63, 3.8) is 0 Å². The van der Waals surface area contributed by atoms with Crippen molar-refractivity contribution in [2.24, 2.45) is 4.99 Å². The predicted molar refractivity (Wildman–Crippen MR) is 126 cm³/mol. The van der Waals surface area contributed by atoms with Crippen LogP contribution in [0.2, 0.25) is 0 Å². The Morgan fingerprint density at radius 1 is 1.16 bits per heavy atom. The third-order valence-electron chi connectivity index (χ3n) is 5.67. The maximum atomic E-state index is 13.6. The number of nitrogens with one attached hydrogen (secondary N) is 4. The van der Waals surface area contributed by atoms with E-state index < -0.39 is 0 Å². The Morgan fingerprint density at radius 3 is 2.81 bits per heavy atom. The highest BCUT2D eigenvalue weighted by molar-refractivity contribution is 5.89. The number of H-pyrrole nitrogens is 1. The Balaban J connectivity index is 1.27. The number of aromatic nitrogens is 1. The number of benzene rings is 2. The van der Waals surface area contributed by atoms with Crippen molar-refractivity contribution in [1.29, 1.82) is 0 Å². The SMILES string of the molecule is CN=C(NCCc1c[nH]c2ccc(F)cc12)NCc1cccc(NC(=O)N2CCCC2)c1. The van der Waals surface area contributed by atoms with Crippen molar-refractivity contribution in [2.75, 3.05) is 32.0 Å². The summed E-state index contributed by atoms with van der Waals surface area (Å²) in [7, 11) is 1.73. The van der Waals surface area contributed by atoms with Crippen LogP contribution in [0.3, 0.4) is 0 Å². The van der Waals surface area contributed by atoms with Crippen molar-refractivity contribution >= 4 is 28.6 Å². The van der Waals surface area contributed by atoms with Crippen molar-refractivity contribution in [3.05, 3.63) is 65.6 Å². The van der Waals surface area contributed by atoms with E-state index in [1.807, 2.05) is 35.4 Å². The van der Waals surface area contributed by atoms with Crippen LogP contribution in [-0.2, 0) is 13.0 Å². The first-order valence-electron chi connectivity index (χ1n) is 11.0. The van der Waals surface area contributed by atoms with E-state index in [1.165, 1.54) is 6.07 Å². The van der Waals surface area contributed by atoms with Gasteiger partial charge in [-0.2, -0.15) is 0 Å². The topological polar surface area (TPSA) is 84.5 Å². The number of likely N-dealkylation sites (tertiary alicyclic amines) is 1. The molecule has 2 aromatic carbocycles. The molecule has 1 aliphatic rings. The Bertz CT molecular complexity index is 1100. The molecule has 0 bridgehead atoms. The van der Waals surface area contributed by atoms with Gasteiger partial charge in [0.2, 0.25) is 0 Å². The molecule has 0 unspecified atom stereocenters. The van der Waals surface area contributed by atoms with Crippen LogP contribution in [-0.4, -0.2) is 48.6 Å². The Labute approximate surface area is 187 Å². The second-order valence-electron chi connectivity index (χ2n) is 7.93. The molecular formula is C24H29FN6O. The van der Waals surface area contributed by atoms with Gasteiger partial charge in [-0.05, 0) is 60.7 Å². The molecule has 7 nitrogen and oxygen atoms in total. The van der Waals surface area contributed by atoms with Crippen LogP contribution in [0.5, 0.6) is 0 Å². The molecule has 0 atom stereocenters. The van der Waals surface area contributed by atoms with E-state index in [0.29, 0.717) is 19.0 Å². The fraction of sp³-hybridized carbons (Fsp3) is 0.333. The molecule has 0 aliphatic carbocycles. The number of carbonyl (C=O) groups excluding carboxylic acids is 1. The summed E-state index contributed by atoms with van der Waals surface area (Å²) in [5, 5.41) is 10.5. The van der Waals surface area contributed by atoms with E-state index in [9.17, 15) is 9.18 Å². The quantitative estimate of drug-likeness (QED) is 0.350. The molecule has 0 saturated carbocycles. The molecule has 168 valence electrons. The van der Waals surface area contributed by atoms with E-state index in [-0.39, 0.29) is 11.8 Å². The summed E-state index contributed by atoms with van der Waals surface area (Å²) < 4.78 is 13.6. The second kappa shape index (κ2) is 10.2. The Hall–Kier alpha value is -3.55. The normalized spacial score (nSPS) is 14.1. The van der Waals surface area contributed by atoms with E-state index in [2.05, 4.69) is 25.9 Å². The molecule has 4 N–H and O–H groups in total. The zero-order chi connectivity index (χ0) is 22.3. The molecule has 2 amide bonds. The van der Waals surface area contributed by atoms with Crippen LogP contribution in [0.15, 0.2) is 53.7 Å². The van der Waals surface area contributed by atoms with Gasteiger partial charge in [-0.1, -0.05) is 12.1 Å². The molecule has 8 heteroatoms. The van der Waals surface area contributed by atoms with Gasteiger partial charge in [0, 0.05) is 56.0 Å². The van der Waals surface area contributed by atoms with Gasteiger partial charge in [0.1, 0.15) is 5.82 Å². The van der Waals surface area contributed by atoms with Crippen molar-refractivity contribution in [3.8, 4) is 0 Å². The minimum Gasteiger partial charge on any atom is -0.361 e. The summed E-state index contributed by atoms with van der Waals surface area (Å²) in [4.78, 5) is 21.6. The van der Waals surface area contributed by atoms with Crippen LogP contribution in [0, 0.1) is 5.82 Å². The highest BCUT2D eigenvalue weighted by Gasteiger charge is 2.17. The summed E-state index contributed by atoms with van der Waals surface area (Å²) >= 11 is 0. The molecule has 0 spiro atoms. The van der Waals surface area contributed by atoms with Crippen LogP contribution in [0.4, 0.5) is 14.9 Å². The van der Waals surface area contributed by atoms with Crippen molar-refractivity contribution in [1.82, 2.24) is 20.5 Å². The van der Waals surface area contributed by atoms with Gasteiger partial charge in [0.25, 0.3) is 0 Å². The summed E-state index contributed by atoms with van der Waals surface area (Å²) in [6.07, 6.45) is 4.80. The maximum Gasteiger partial charge on any atom is 0.321 e. The average molecular weight is 437 g/mol. The molecule has 1 aliphatic heterocycles. The molecule has 0 radical (unpaired) electrons. The number of amides is 2. The fourth-order valence-electron chi connectivity index (χ4n) is 3.96. The van der Waals surface area contributed by atoms with E-state index in [0.717, 1.165) is 60.1 Å². The molecular weight excluding hydrogens is 407 g/mol. The standard InChI is InChI=1S/C24H29FN6O/c1-26-23(27-10-9-18-16-28-22-8-7-19(25)14-21(18)22)29-15-17-5-4-6-20(13-17)30-24(32)31-11-2-3-12-31/h4-8,13-14,16,28H,2-3,9-12,15H2,1H3,(H,30,32)(H2,26,27,29). The summed E-state index contributed by atoms with van der Waals surface area (Å²) in [5.41, 5.74) is 3.82. The number of carbonyl (C=O) groups is 1. The molecule has 3 aromatic rings. The number of guanidine groups is 1. The molecule has 2 heterocycles. The Kier molecular flexibility index (Phi) is 6.89. The second-order valence-corrected chi connectivity index (χ2v) is 7.93. The lowest BCUT2D eigenvalue weighted by Gasteiger charge is -2.17. The minimum atomic E-state index is -0.234. The molecule has 1 saturated heterocycles. The number of aromatic amines is 1. The molecule has 32 heavy (non-hydrogen) atoms. The molecule has 1 aromatic heterocycles.